The Morgan fingerprint density at radius 1 is 1.07 bits per heavy atom. The average molecular weight is 412 g/mol. The van der Waals surface area contributed by atoms with Gasteiger partial charge in [0.15, 0.2) is 0 Å². The number of hydrogen-bond donors (Lipinski definition) is 0. The SMILES string of the molecule is CCCc1ccc(S(=O)(=O)N2CCC(Oc3nncc4ccccc34)CC2)cc1. The maximum Gasteiger partial charge on any atom is 0.243 e. The van der Waals surface area contributed by atoms with Crippen LogP contribution in [0, 0.1) is 0 Å². The van der Waals surface area contributed by atoms with Crippen LogP contribution in [0.15, 0.2) is 59.6 Å². The van der Waals surface area contributed by atoms with Crippen molar-refractivity contribution in [3.63, 3.8) is 0 Å². The number of fused-ring (bicyclic) bond motifs is 1. The van der Waals surface area contributed by atoms with Crippen molar-refractivity contribution in [2.24, 2.45) is 0 Å². The topological polar surface area (TPSA) is 72.4 Å². The predicted molar refractivity (Wildman–Crippen MR) is 112 cm³/mol. The smallest absolute Gasteiger partial charge is 0.243 e. The monoisotopic (exact) mass is 411 g/mol. The lowest BCUT2D eigenvalue weighted by atomic mass is 10.1. The van der Waals surface area contributed by atoms with Gasteiger partial charge in [-0.2, -0.15) is 9.40 Å². The highest BCUT2D eigenvalue weighted by molar-refractivity contribution is 7.89. The van der Waals surface area contributed by atoms with Gasteiger partial charge in [-0.15, -0.1) is 5.10 Å². The minimum absolute atomic E-state index is 0.0755. The van der Waals surface area contributed by atoms with E-state index >= 15 is 0 Å². The molecular formula is C22H25N3O3S. The van der Waals surface area contributed by atoms with Crippen LogP contribution in [0.5, 0.6) is 5.88 Å². The summed E-state index contributed by atoms with van der Waals surface area (Å²) in [4.78, 5) is 0.358. The summed E-state index contributed by atoms with van der Waals surface area (Å²) in [5, 5.41) is 10.0. The van der Waals surface area contributed by atoms with E-state index < -0.39 is 10.0 Å². The summed E-state index contributed by atoms with van der Waals surface area (Å²) in [7, 11) is -3.47. The number of ether oxygens (including phenoxy) is 1. The molecule has 1 aliphatic heterocycles. The number of piperidine rings is 1. The number of sulfonamides is 1. The van der Waals surface area contributed by atoms with E-state index in [2.05, 4.69) is 17.1 Å². The van der Waals surface area contributed by atoms with E-state index in [1.807, 2.05) is 36.4 Å². The molecule has 29 heavy (non-hydrogen) atoms. The molecule has 152 valence electrons. The lowest BCUT2D eigenvalue weighted by molar-refractivity contribution is 0.130. The van der Waals surface area contributed by atoms with Crippen molar-refractivity contribution in [3.05, 3.63) is 60.3 Å². The van der Waals surface area contributed by atoms with Crippen molar-refractivity contribution >= 4 is 20.8 Å². The van der Waals surface area contributed by atoms with Gasteiger partial charge in [0.2, 0.25) is 15.9 Å². The number of hydrogen-bond acceptors (Lipinski definition) is 5. The second kappa shape index (κ2) is 8.47. The van der Waals surface area contributed by atoms with Crippen LogP contribution in [-0.4, -0.2) is 42.1 Å². The lowest BCUT2D eigenvalue weighted by Gasteiger charge is -2.31. The first-order valence-corrected chi connectivity index (χ1v) is 11.5. The molecule has 0 saturated carbocycles. The van der Waals surface area contributed by atoms with Gasteiger partial charge in [-0.05, 0) is 43.0 Å². The van der Waals surface area contributed by atoms with Gasteiger partial charge in [0, 0.05) is 23.9 Å². The second-order valence-electron chi connectivity index (χ2n) is 7.35. The molecule has 7 heteroatoms. The molecule has 0 atom stereocenters. The van der Waals surface area contributed by atoms with Crippen molar-refractivity contribution in [1.29, 1.82) is 0 Å². The van der Waals surface area contributed by atoms with Crippen LogP contribution in [0.4, 0.5) is 0 Å². The summed E-state index contributed by atoms with van der Waals surface area (Å²) < 4.78 is 33.6. The Hall–Kier alpha value is -2.51. The molecule has 3 aromatic rings. The fraction of sp³-hybridized carbons (Fsp3) is 0.364. The maximum absolute atomic E-state index is 13.0. The number of aryl methyl sites for hydroxylation is 1. The Balaban J connectivity index is 1.42. The van der Waals surface area contributed by atoms with E-state index in [0.717, 1.165) is 29.2 Å². The summed E-state index contributed by atoms with van der Waals surface area (Å²) in [5.41, 5.74) is 1.16. The molecule has 1 aliphatic rings. The minimum atomic E-state index is -3.47. The van der Waals surface area contributed by atoms with Crippen LogP contribution in [0.3, 0.4) is 0 Å². The number of benzene rings is 2. The molecule has 4 rings (SSSR count). The van der Waals surface area contributed by atoms with Gasteiger partial charge in [0.1, 0.15) is 6.10 Å². The van der Waals surface area contributed by atoms with Gasteiger partial charge in [-0.1, -0.05) is 43.7 Å². The molecule has 0 radical (unpaired) electrons. The zero-order valence-electron chi connectivity index (χ0n) is 16.5. The van der Waals surface area contributed by atoms with Gasteiger partial charge in [0.05, 0.1) is 11.1 Å². The molecule has 6 nitrogen and oxygen atoms in total. The fourth-order valence-corrected chi connectivity index (χ4v) is 5.17. The van der Waals surface area contributed by atoms with Crippen LogP contribution < -0.4 is 4.74 Å². The molecule has 1 saturated heterocycles. The summed E-state index contributed by atoms with van der Waals surface area (Å²) in [5.74, 6) is 0.510. The van der Waals surface area contributed by atoms with Crippen LogP contribution in [-0.2, 0) is 16.4 Å². The van der Waals surface area contributed by atoms with E-state index in [-0.39, 0.29) is 6.10 Å². The highest BCUT2D eigenvalue weighted by atomic mass is 32.2. The molecular weight excluding hydrogens is 386 g/mol. The Bertz CT molecular complexity index is 1070. The first-order valence-electron chi connectivity index (χ1n) is 10.0. The zero-order valence-corrected chi connectivity index (χ0v) is 17.3. The number of aromatic nitrogens is 2. The first-order chi connectivity index (χ1) is 14.1. The average Bonchev–Trinajstić information content (AvgIpc) is 2.75. The summed E-state index contributed by atoms with van der Waals surface area (Å²) in [6.07, 6.45) is 4.88. The Labute approximate surface area is 171 Å². The first kappa shape index (κ1) is 19.8. The standard InChI is InChI=1S/C22H25N3O3S/c1-2-5-17-8-10-20(11-9-17)29(26,27)25-14-12-19(13-15-25)28-22-21-7-4-3-6-18(21)16-23-24-22/h3-4,6-11,16,19H,2,5,12-15H2,1H3. The molecule has 0 spiro atoms. The Kier molecular flexibility index (Phi) is 5.78. The molecule has 0 amide bonds. The van der Waals surface area contributed by atoms with Crippen molar-refractivity contribution < 1.29 is 13.2 Å². The normalized spacial score (nSPS) is 16.2. The molecule has 0 N–H and O–H groups in total. The van der Waals surface area contributed by atoms with E-state index in [4.69, 9.17) is 4.74 Å². The van der Waals surface area contributed by atoms with E-state index in [9.17, 15) is 8.42 Å². The molecule has 2 aromatic carbocycles. The van der Waals surface area contributed by atoms with Crippen molar-refractivity contribution in [2.45, 2.75) is 43.6 Å². The molecule has 1 aromatic heterocycles. The van der Waals surface area contributed by atoms with E-state index in [0.29, 0.717) is 36.7 Å². The van der Waals surface area contributed by atoms with Crippen LogP contribution in [0.2, 0.25) is 0 Å². The van der Waals surface area contributed by atoms with Crippen molar-refractivity contribution in [2.75, 3.05) is 13.1 Å². The van der Waals surface area contributed by atoms with Gasteiger partial charge < -0.3 is 4.74 Å². The minimum Gasteiger partial charge on any atom is -0.473 e. The maximum atomic E-state index is 13.0. The van der Waals surface area contributed by atoms with Crippen molar-refractivity contribution in [3.8, 4) is 5.88 Å². The van der Waals surface area contributed by atoms with Gasteiger partial charge >= 0.3 is 0 Å². The van der Waals surface area contributed by atoms with Crippen molar-refractivity contribution in [1.82, 2.24) is 14.5 Å². The molecule has 1 fully saturated rings. The second-order valence-corrected chi connectivity index (χ2v) is 9.29. The third-order valence-electron chi connectivity index (χ3n) is 5.32. The molecule has 0 aliphatic carbocycles. The summed E-state index contributed by atoms with van der Waals surface area (Å²) >= 11 is 0. The quantitative estimate of drug-likeness (QED) is 0.617. The third kappa shape index (κ3) is 4.26. The Morgan fingerprint density at radius 2 is 1.79 bits per heavy atom. The highest BCUT2D eigenvalue weighted by Gasteiger charge is 2.30. The van der Waals surface area contributed by atoms with E-state index in [1.165, 1.54) is 0 Å². The molecule has 0 unspecified atom stereocenters. The lowest BCUT2D eigenvalue weighted by Crippen LogP contribution is -2.41. The third-order valence-corrected chi connectivity index (χ3v) is 7.23. The number of nitrogens with zero attached hydrogens (tertiary/aromatic N) is 3. The van der Waals surface area contributed by atoms with E-state index in [1.54, 1.807) is 22.6 Å². The predicted octanol–water partition coefficient (Wildman–Crippen LogP) is 3.81. The largest absolute Gasteiger partial charge is 0.473 e. The van der Waals surface area contributed by atoms with Gasteiger partial charge in [0.25, 0.3) is 0 Å². The van der Waals surface area contributed by atoms with Gasteiger partial charge in [-0.25, -0.2) is 8.42 Å². The fourth-order valence-electron chi connectivity index (χ4n) is 3.70. The molecule has 0 bridgehead atoms. The number of rotatable bonds is 6. The highest BCUT2D eigenvalue weighted by Crippen LogP contribution is 2.27. The van der Waals surface area contributed by atoms with Crippen LogP contribution in [0.25, 0.3) is 10.8 Å². The summed E-state index contributed by atoms with van der Waals surface area (Å²) in [6.45, 7) is 2.98. The van der Waals surface area contributed by atoms with Crippen LogP contribution in [0.1, 0.15) is 31.7 Å². The zero-order chi connectivity index (χ0) is 20.3. The summed E-state index contributed by atoms with van der Waals surface area (Å²) in [6, 6.07) is 15.1. The van der Waals surface area contributed by atoms with Crippen LogP contribution >= 0.6 is 0 Å². The molecule has 2 heterocycles. The Morgan fingerprint density at radius 3 is 2.52 bits per heavy atom. The van der Waals surface area contributed by atoms with Gasteiger partial charge in [-0.3, -0.25) is 0 Å².